The molecule has 2 aromatic carbocycles. The van der Waals surface area contributed by atoms with Gasteiger partial charge in [0.05, 0.1) is 0 Å². The molecule has 134 valence electrons. The molecule has 1 aliphatic heterocycles. The number of ketones is 1. The number of carbonyl (C=O) groups is 1. The minimum absolute atomic E-state index is 0.287. The van der Waals surface area contributed by atoms with Crippen LogP contribution in [-0.2, 0) is 12.0 Å². The van der Waals surface area contributed by atoms with Crippen LogP contribution >= 0.6 is 0 Å². The lowest BCUT2D eigenvalue weighted by atomic mass is 9.83. The molecule has 26 heavy (non-hydrogen) atoms. The summed E-state index contributed by atoms with van der Waals surface area (Å²) in [6, 6.07) is 18.6. The molecule has 3 aliphatic rings. The lowest BCUT2D eigenvalue weighted by molar-refractivity contribution is 0.0296. The van der Waals surface area contributed by atoms with Crippen LogP contribution in [0.15, 0.2) is 54.6 Å². The molecule has 0 aromatic heterocycles. The van der Waals surface area contributed by atoms with Crippen molar-refractivity contribution in [1.29, 1.82) is 0 Å². The standard InChI is InChI=1S/C23H26N2O/c26-22-21-9-5-4-6-19(21)16-23(22,20-7-2-1-3-8-20)25-14-12-24(13-15-25)17-18-10-11-18/h1-9,18H,10-17H2. The van der Waals surface area contributed by atoms with Gasteiger partial charge in [-0.25, -0.2) is 0 Å². The number of carbonyl (C=O) groups excluding carboxylic acids is 1. The van der Waals surface area contributed by atoms with Gasteiger partial charge >= 0.3 is 0 Å². The van der Waals surface area contributed by atoms with Crippen LogP contribution in [0.1, 0.15) is 34.3 Å². The first-order valence-corrected chi connectivity index (χ1v) is 9.93. The average molecular weight is 346 g/mol. The predicted molar refractivity (Wildman–Crippen MR) is 103 cm³/mol. The SMILES string of the molecule is O=C1c2ccccc2CC1(c1ccccc1)N1CCN(CC2CC2)CC1. The van der Waals surface area contributed by atoms with Crippen molar-refractivity contribution in [2.24, 2.45) is 5.92 Å². The molecular formula is C23H26N2O. The Labute approximate surface area is 155 Å². The normalized spacial score (nSPS) is 26.8. The van der Waals surface area contributed by atoms with E-state index in [4.69, 9.17) is 0 Å². The van der Waals surface area contributed by atoms with Gasteiger partial charge in [-0.05, 0) is 29.9 Å². The topological polar surface area (TPSA) is 23.6 Å². The second-order valence-corrected chi connectivity index (χ2v) is 8.12. The van der Waals surface area contributed by atoms with Crippen LogP contribution in [-0.4, -0.2) is 48.3 Å². The van der Waals surface area contributed by atoms with Gasteiger partial charge in [-0.3, -0.25) is 9.69 Å². The van der Waals surface area contributed by atoms with E-state index in [0.717, 1.165) is 49.6 Å². The van der Waals surface area contributed by atoms with Gasteiger partial charge < -0.3 is 4.90 Å². The van der Waals surface area contributed by atoms with E-state index >= 15 is 0 Å². The molecule has 2 fully saturated rings. The Hall–Kier alpha value is -1.97. The molecule has 1 saturated carbocycles. The number of Topliss-reactive ketones (excluding diaryl/α,β-unsaturated/α-hetero) is 1. The van der Waals surface area contributed by atoms with Crippen molar-refractivity contribution in [3.8, 4) is 0 Å². The molecule has 1 heterocycles. The van der Waals surface area contributed by atoms with E-state index in [2.05, 4.69) is 46.2 Å². The molecule has 5 rings (SSSR count). The van der Waals surface area contributed by atoms with E-state index in [-0.39, 0.29) is 5.78 Å². The smallest absolute Gasteiger partial charge is 0.188 e. The number of rotatable bonds is 4. The summed E-state index contributed by atoms with van der Waals surface area (Å²) >= 11 is 0. The highest BCUT2D eigenvalue weighted by atomic mass is 16.1. The van der Waals surface area contributed by atoms with Crippen molar-refractivity contribution >= 4 is 5.78 Å². The maximum Gasteiger partial charge on any atom is 0.188 e. The molecule has 2 aromatic rings. The highest BCUT2D eigenvalue weighted by molar-refractivity contribution is 6.08. The Kier molecular flexibility index (Phi) is 3.95. The molecule has 0 amide bonds. The van der Waals surface area contributed by atoms with Crippen molar-refractivity contribution in [2.45, 2.75) is 24.8 Å². The molecule has 1 unspecified atom stereocenters. The van der Waals surface area contributed by atoms with Crippen LogP contribution < -0.4 is 0 Å². The van der Waals surface area contributed by atoms with Crippen LogP contribution in [0.25, 0.3) is 0 Å². The summed E-state index contributed by atoms with van der Waals surface area (Å²) in [5.74, 6) is 1.22. The van der Waals surface area contributed by atoms with Gasteiger partial charge in [-0.15, -0.1) is 0 Å². The number of benzene rings is 2. The van der Waals surface area contributed by atoms with Crippen LogP contribution in [0.5, 0.6) is 0 Å². The Morgan fingerprint density at radius 1 is 0.885 bits per heavy atom. The lowest BCUT2D eigenvalue weighted by Gasteiger charge is -2.45. The molecule has 1 atom stereocenters. The molecule has 2 aliphatic carbocycles. The Morgan fingerprint density at radius 3 is 2.27 bits per heavy atom. The largest absolute Gasteiger partial charge is 0.301 e. The molecule has 3 nitrogen and oxygen atoms in total. The van der Waals surface area contributed by atoms with E-state index in [1.807, 2.05) is 18.2 Å². The summed E-state index contributed by atoms with van der Waals surface area (Å²) in [6.45, 7) is 5.35. The lowest BCUT2D eigenvalue weighted by Crippen LogP contribution is -2.58. The van der Waals surface area contributed by atoms with Crippen molar-refractivity contribution in [3.05, 3.63) is 71.3 Å². The predicted octanol–water partition coefficient (Wildman–Crippen LogP) is 3.35. The molecular weight excluding hydrogens is 320 g/mol. The van der Waals surface area contributed by atoms with E-state index in [1.54, 1.807) is 0 Å². The fourth-order valence-corrected chi connectivity index (χ4v) is 4.84. The Bertz CT molecular complexity index is 806. The fraction of sp³-hybridized carbons (Fsp3) is 0.435. The number of piperazine rings is 1. The fourth-order valence-electron chi connectivity index (χ4n) is 4.84. The second-order valence-electron chi connectivity index (χ2n) is 8.12. The van der Waals surface area contributed by atoms with Crippen LogP contribution in [0.2, 0.25) is 0 Å². The first-order valence-electron chi connectivity index (χ1n) is 9.93. The van der Waals surface area contributed by atoms with E-state index in [9.17, 15) is 4.79 Å². The zero-order valence-electron chi connectivity index (χ0n) is 15.2. The third kappa shape index (κ3) is 2.62. The maximum absolute atomic E-state index is 13.6. The summed E-state index contributed by atoms with van der Waals surface area (Å²) in [7, 11) is 0. The summed E-state index contributed by atoms with van der Waals surface area (Å²) < 4.78 is 0. The second kappa shape index (κ2) is 6.33. The first-order chi connectivity index (χ1) is 12.8. The molecule has 0 N–H and O–H groups in total. The number of hydrogen-bond donors (Lipinski definition) is 0. The van der Waals surface area contributed by atoms with Gasteiger partial charge in [0.25, 0.3) is 0 Å². The van der Waals surface area contributed by atoms with Gasteiger partial charge in [-0.1, -0.05) is 54.6 Å². The minimum atomic E-state index is -0.517. The van der Waals surface area contributed by atoms with Crippen LogP contribution in [0.4, 0.5) is 0 Å². The number of fused-ring (bicyclic) bond motifs is 1. The minimum Gasteiger partial charge on any atom is -0.301 e. The maximum atomic E-state index is 13.6. The van der Waals surface area contributed by atoms with Gasteiger partial charge in [-0.2, -0.15) is 0 Å². The summed E-state index contributed by atoms with van der Waals surface area (Å²) in [6.07, 6.45) is 3.61. The Balaban J connectivity index is 1.47. The van der Waals surface area contributed by atoms with Gasteiger partial charge in [0.2, 0.25) is 0 Å². The number of nitrogens with zero attached hydrogens (tertiary/aromatic N) is 2. The molecule has 0 radical (unpaired) electrons. The van der Waals surface area contributed by atoms with Crippen molar-refractivity contribution < 1.29 is 4.79 Å². The highest BCUT2D eigenvalue weighted by Gasteiger charge is 2.51. The average Bonchev–Trinajstić information content (AvgIpc) is 3.46. The van der Waals surface area contributed by atoms with Crippen molar-refractivity contribution in [2.75, 3.05) is 32.7 Å². The highest BCUT2D eigenvalue weighted by Crippen LogP contribution is 2.43. The molecule has 1 saturated heterocycles. The molecule has 0 bridgehead atoms. The van der Waals surface area contributed by atoms with Crippen molar-refractivity contribution in [1.82, 2.24) is 9.80 Å². The summed E-state index contributed by atoms with van der Waals surface area (Å²) in [5, 5.41) is 0. The monoisotopic (exact) mass is 346 g/mol. The zero-order valence-corrected chi connectivity index (χ0v) is 15.2. The van der Waals surface area contributed by atoms with Gasteiger partial charge in [0, 0.05) is 44.7 Å². The van der Waals surface area contributed by atoms with Gasteiger partial charge in [0.1, 0.15) is 5.54 Å². The summed E-state index contributed by atoms with van der Waals surface area (Å²) in [4.78, 5) is 18.7. The zero-order chi connectivity index (χ0) is 17.6. The molecule has 0 spiro atoms. The third-order valence-electron chi connectivity index (χ3n) is 6.46. The molecule has 3 heteroatoms. The van der Waals surface area contributed by atoms with Gasteiger partial charge in [0.15, 0.2) is 5.78 Å². The first kappa shape index (κ1) is 16.2. The van der Waals surface area contributed by atoms with E-state index in [0.29, 0.717) is 0 Å². The quantitative estimate of drug-likeness (QED) is 0.848. The summed E-state index contributed by atoms with van der Waals surface area (Å²) in [5.41, 5.74) is 2.74. The van der Waals surface area contributed by atoms with E-state index < -0.39 is 5.54 Å². The Morgan fingerprint density at radius 2 is 1.58 bits per heavy atom. The third-order valence-corrected chi connectivity index (χ3v) is 6.46. The number of hydrogen-bond acceptors (Lipinski definition) is 3. The van der Waals surface area contributed by atoms with Crippen LogP contribution in [0.3, 0.4) is 0 Å². The van der Waals surface area contributed by atoms with Crippen LogP contribution in [0, 0.1) is 5.92 Å². The van der Waals surface area contributed by atoms with Crippen molar-refractivity contribution in [3.63, 3.8) is 0 Å². The van der Waals surface area contributed by atoms with E-state index in [1.165, 1.54) is 24.9 Å².